The Bertz CT molecular complexity index is 136. The fourth-order valence-electron chi connectivity index (χ4n) is 1.38. The van der Waals surface area contributed by atoms with E-state index in [9.17, 15) is 0 Å². The molecule has 0 fully saturated rings. The van der Waals surface area contributed by atoms with Gasteiger partial charge in [0.1, 0.15) is 0 Å². The Balaban J connectivity index is 2.57. The van der Waals surface area contributed by atoms with E-state index >= 15 is 0 Å². The normalized spacial score (nSPS) is 19.6. The van der Waals surface area contributed by atoms with E-state index in [1.54, 1.807) is 5.57 Å². The zero-order chi connectivity index (χ0) is 7.56. The first-order valence-corrected chi connectivity index (χ1v) is 4.11. The smallest absolute Gasteiger partial charge is 0.0172 e. The second kappa shape index (κ2) is 3.09. The van der Waals surface area contributed by atoms with E-state index < -0.39 is 0 Å². The topological polar surface area (TPSA) is 3.24 Å². The van der Waals surface area contributed by atoms with Crippen molar-refractivity contribution >= 4 is 0 Å². The van der Waals surface area contributed by atoms with Gasteiger partial charge in [-0.05, 0) is 25.0 Å². The van der Waals surface area contributed by atoms with Crippen LogP contribution >= 0.6 is 0 Å². The Kier molecular flexibility index (Phi) is 2.36. The van der Waals surface area contributed by atoms with Gasteiger partial charge < -0.3 is 4.90 Å². The first-order valence-electron chi connectivity index (χ1n) is 4.11. The third-order valence-electron chi connectivity index (χ3n) is 2.10. The number of nitrogens with zero attached hydrogens (tertiary/aromatic N) is 1. The Labute approximate surface area is 63.7 Å². The maximum absolute atomic E-state index is 2.30. The first kappa shape index (κ1) is 7.64. The third kappa shape index (κ3) is 1.76. The lowest BCUT2D eigenvalue weighted by Crippen LogP contribution is -2.19. The minimum atomic E-state index is 0.739. The van der Waals surface area contributed by atoms with Gasteiger partial charge in [0.2, 0.25) is 0 Å². The van der Waals surface area contributed by atoms with Crippen LogP contribution in [0.3, 0.4) is 0 Å². The number of hydrogen-bond acceptors (Lipinski definition) is 1. The van der Waals surface area contributed by atoms with Crippen LogP contribution in [0.2, 0.25) is 0 Å². The van der Waals surface area contributed by atoms with Crippen molar-refractivity contribution in [2.24, 2.45) is 5.92 Å². The van der Waals surface area contributed by atoms with Gasteiger partial charge in [-0.15, -0.1) is 0 Å². The zero-order valence-electron chi connectivity index (χ0n) is 7.22. The van der Waals surface area contributed by atoms with Crippen LogP contribution in [-0.2, 0) is 0 Å². The van der Waals surface area contributed by atoms with Gasteiger partial charge in [0.25, 0.3) is 0 Å². The van der Waals surface area contributed by atoms with Gasteiger partial charge in [-0.25, -0.2) is 0 Å². The van der Waals surface area contributed by atoms with Gasteiger partial charge in [0.05, 0.1) is 0 Å². The predicted octanol–water partition coefficient (Wildman–Crippen LogP) is 2.25. The van der Waals surface area contributed by atoms with Gasteiger partial charge in [-0.3, -0.25) is 0 Å². The van der Waals surface area contributed by atoms with Gasteiger partial charge in [0, 0.05) is 13.6 Å². The minimum Gasteiger partial charge on any atom is -0.380 e. The first-order chi connectivity index (χ1) is 4.70. The molecule has 0 unspecified atom stereocenters. The summed E-state index contributed by atoms with van der Waals surface area (Å²) in [6.07, 6.45) is 4.94. The van der Waals surface area contributed by atoms with Gasteiger partial charge in [-0.1, -0.05) is 19.4 Å². The molecule has 0 N–H and O–H groups in total. The fraction of sp³-hybridized carbons (Fsp3) is 0.778. The van der Waals surface area contributed by atoms with Gasteiger partial charge in [-0.2, -0.15) is 0 Å². The van der Waals surface area contributed by atoms with Crippen molar-refractivity contribution in [2.45, 2.75) is 26.7 Å². The molecule has 0 spiro atoms. The molecule has 0 radical (unpaired) electrons. The van der Waals surface area contributed by atoms with E-state index in [0.29, 0.717) is 0 Å². The highest BCUT2D eigenvalue weighted by molar-refractivity contribution is 5.06. The fourth-order valence-corrected chi connectivity index (χ4v) is 1.38. The molecule has 0 aromatic rings. The highest BCUT2D eigenvalue weighted by Crippen LogP contribution is 2.20. The molecular weight excluding hydrogens is 122 g/mol. The number of hydrogen-bond donors (Lipinski definition) is 0. The summed E-state index contributed by atoms with van der Waals surface area (Å²) < 4.78 is 0. The molecule has 1 nitrogen and oxygen atoms in total. The van der Waals surface area contributed by atoms with E-state index in [0.717, 1.165) is 5.92 Å². The largest absolute Gasteiger partial charge is 0.380 e. The average Bonchev–Trinajstić information content (AvgIpc) is 1.88. The molecule has 10 heavy (non-hydrogen) atoms. The summed E-state index contributed by atoms with van der Waals surface area (Å²) in [4.78, 5) is 2.29. The second-order valence-electron chi connectivity index (χ2n) is 3.44. The van der Waals surface area contributed by atoms with Crippen LogP contribution in [0.4, 0.5) is 0 Å². The van der Waals surface area contributed by atoms with Gasteiger partial charge in [0.15, 0.2) is 0 Å². The lowest BCUT2D eigenvalue weighted by atomic mass is 9.97. The van der Waals surface area contributed by atoms with E-state index in [1.807, 2.05) is 0 Å². The van der Waals surface area contributed by atoms with Crippen molar-refractivity contribution in [3.63, 3.8) is 0 Å². The lowest BCUT2D eigenvalue weighted by Gasteiger charge is -2.24. The second-order valence-corrected chi connectivity index (χ2v) is 3.44. The van der Waals surface area contributed by atoms with E-state index in [2.05, 4.69) is 32.0 Å². The summed E-state index contributed by atoms with van der Waals surface area (Å²) in [5.41, 5.74) is 1.61. The Morgan fingerprint density at radius 3 is 2.60 bits per heavy atom. The standard InChI is InChI=1S/C9H17N/c1-8(2)9-5-4-6-10(3)7-9/h7-8H,4-6H2,1-3H3. The summed E-state index contributed by atoms with van der Waals surface area (Å²) in [7, 11) is 2.15. The summed E-state index contributed by atoms with van der Waals surface area (Å²) >= 11 is 0. The molecule has 0 amide bonds. The quantitative estimate of drug-likeness (QED) is 0.538. The third-order valence-corrected chi connectivity index (χ3v) is 2.10. The molecule has 0 bridgehead atoms. The molecule has 0 aromatic carbocycles. The van der Waals surface area contributed by atoms with E-state index in [1.165, 1.54) is 19.4 Å². The molecule has 1 aliphatic rings. The molecule has 0 atom stereocenters. The Morgan fingerprint density at radius 2 is 2.20 bits per heavy atom. The van der Waals surface area contributed by atoms with Crippen LogP contribution in [0.1, 0.15) is 26.7 Å². The van der Waals surface area contributed by atoms with Crippen molar-refractivity contribution in [3.05, 3.63) is 11.8 Å². The molecule has 58 valence electrons. The molecule has 0 saturated heterocycles. The summed E-state index contributed by atoms with van der Waals surface area (Å²) in [6.45, 7) is 5.77. The predicted molar refractivity (Wildman–Crippen MR) is 44.8 cm³/mol. The molecule has 0 aromatic heterocycles. The number of rotatable bonds is 1. The van der Waals surface area contributed by atoms with Crippen LogP contribution < -0.4 is 0 Å². The Morgan fingerprint density at radius 1 is 1.50 bits per heavy atom. The maximum atomic E-state index is 2.30. The zero-order valence-corrected chi connectivity index (χ0v) is 7.22. The minimum absolute atomic E-state index is 0.739. The van der Waals surface area contributed by atoms with E-state index in [4.69, 9.17) is 0 Å². The van der Waals surface area contributed by atoms with Gasteiger partial charge >= 0.3 is 0 Å². The number of allylic oxidation sites excluding steroid dienone is 1. The van der Waals surface area contributed by atoms with Crippen LogP contribution in [0.5, 0.6) is 0 Å². The van der Waals surface area contributed by atoms with Crippen molar-refractivity contribution in [2.75, 3.05) is 13.6 Å². The summed E-state index contributed by atoms with van der Waals surface area (Å²) in [5.74, 6) is 0.739. The Hall–Kier alpha value is -0.460. The highest BCUT2D eigenvalue weighted by atomic mass is 15.1. The highest BCUT2D eigenvalue weighted by Gasteiger charge is 2.08. The van der Waals surface area contributed by atoms with Crippen LogP contribution in [0.25, 0.3) is 0 Å². The maximum Gasteiger partial charge on any atom is 0.0172 e. The SMILES string of the molecule is CC(C)C1=CN(C)CCC1. The van der Waals surface area contributed by atoms with Crippen molar-refractivity contribution in [1.82, 2.24) is 4.90 Å². The average molecular weight is 139 g/mol. The molecule has 0 aliphatic carbocycles. The monoisotopic (exact) mass is 139 g/mol. The van der Waals surface area contributed by atoms with Crippen molar-refractivity contribution < 1.29 is 0 Å². The molecule has 1 heteroatoms. The molecule has 0 saturated carbocycles. The summed E-state index contributed by atoms with van der Waals surface area (Å²) in [5, 5.41) is 0. The lowest BCUT2D eigenvalue weighted by molar-refractivity contribution is 0.402. The molecule has 1 aliphatic heterocycles. The summed E-state index contributed by atoms with van der Waals surface area (Å²) in [6, 6.07) is 0. The van der Waals surface area contributed by atoms with Crippen LogP contribution in [-0.4, -0.2) is 18.5 Å². The molecule has 1 rings (SSSR count). The van der Waals surface area contributed by atoms with Crippen LogP contribution in [0, 0.1) is 5.92 Å². The van der Waals surface area contributed by atoms with Crippen molar-refractivity contribution in [1.29, 1.82) is 0 Å². The molecular formula is C9H17N. The van der Waals surface area contributed by atoms with E-state index in [-0.39, 0.29) is 0 Å². The van der Waals surface area contributed by atoms with Crippen molar-refractivity contribution in [3.8, 4) is 0 Å². The molecule has 1 heterocycles. The van der Waals surface area contributed by atoms with Crippen LogP contribution in [0.15, 0.2) is 11.8 Å².